The first kappa shape index (κ1) is 16.8. The molecule has 130 valence electrons. The van der Waals surface area contributed by atoms with E-state index in [1.54, 1.807) is 12.4 Å². The maximum atomic E-state index is 12.5. The summed E-state index contributed by atoms with van der Waals surface area (Å²) < 4.78 is 41.6. The summed E-state index contributed by atoms with van der Waals surface area (Å²) in [6, 6.07) is 3.85. The van der Waals surface area contributed by atoms with Crippen molar-refractivity contribution < 1.29 is 17.7 Å². The largest absolute Gasteiger partial charge is 0.471 e. The predicted octanol–water partition coefficient (Wildman–Crippen LogP) is 2.62. The van der Waals surface area contributed by atoms with Gasteiger partial charge in [0.25, 0.3) is 0 Å². The van der Waals surface area contributed by atoms with Gasteiger partial charge in [0.05, 0.1) is 5.56 Å². The van der Waals surface area contributed by atoms with E-state index in [1.807, 2.05) is 24.1 Å². The SMILES string of the molecule is CN(CCc1ccncc1)c1ncc(-c2noc(C(F)(F)F)n2)cn1. The summed E-state index contributed by atoms with van der Waals surface area (Å²) in [4.78, 5) is 17.4. The molecule has 0 radical (unpaired) electrons. The molecule has 3 rings (SSSR count). The van der Waals surface area contributed by atoms with Crippen LogP contribution in [0.25, 0.3) is 11.4 Å². The lowest BCUT2D eigenvalue weighted by molar-refractivity contribution is -0.159. The van der Waals surface area contributed by atoms with Crippen molar-refractivity contribution in [3.05, 3.63) is 48.4 Å². The average molecular weight is 350 g/mol. The van der Waals surface area contributed by atoms with Crippen LogP contribution in [0.2, 0.25) is 0 Å². The van der Waals surface area contributed by atoms with Crippen LogP contribution < -0.4 is 4.90 Å². The number of aromatic nitrogens is 5. The molecule has 7 nitrogen and oxygen atoms in total. The van der Waals surface area contributed by atoms with E-state index in [0.29, 0.717) is 12.5 Å². The van der Waals surface area contributed by atoms with Crippen LogP contribution in [0, 0.1) is 0 Å². The molecule has 0 spiro atoms. The van der Waals surface area contributed by atoms with Crippen molar-refractivity contribution in [3.63, 3.8) is 0 Å². The van der Waals surface area contributed by atoms with E-state index in [0.717, 1.165) is 12.0 Å². The Morgan fingerprint density at radius 3 is 2.40 bits per heavy atom. The summed E-state index contributed by atoms with van der Waals surface area (Å²) in [5, 5.41) is 3.30. The lowest BCUT2D eigenvalue weighted by atomic mass is 10.2. The highest BCUT2D eigenvalue weighted by molar-refractivity contribution is 5.52. The van der Waals surface area contributed by atoms with Gasteiger partial charge < -0.3 is 9.42 Å². The minimum Gasteiger partial charge on any atom is -0.344 e. The van der Waals surface area contributed by atoms with Crippen LogP contribution >= 0.6 is 0 Å². The second kappa shape index (κ2) is 6.83. The van der Waals surface area contributed by atoms with Gasteiger partial charge in [0.2, 0.25) is 11.8 Å². The number of rotatable bonds is 5. The van der Waals surface area contributed by atoms with E-state index in [-0.39, 0.29) is 11.4 Å². The van der Waals surface area contributed by atoms with Gasteiger partial charge in [0.15, 0.2) is 0 Å². The number of pyridine rings is 1. The Hall–Kier alpha value is -3.04. The molecule has 0 unspecified atom stereocenters. The first-order valence-corrected chi connectivity index (χ1v) is 7.27. The van der Waals surface area contributed by atoms with E-state index in [2.05, 4.69) is 29.6 Å². The van der Waals surface area contributed by atoms with E-state index < -0.39 is 12.1 Å². The molecule has 0 aliphatic carbocycles. The molecular formula is C15H13F3N6O. The molecule has 0 amide bonds. The van der Waals surface area contributed by atoms with Gasteiger partial charge in [-0.3, -0.25) is 4.98 Å². The van der Waals surface area contributed by atoms with Gasteiger partial charge in [0, 0.05) is 38.4 Å². The van der Waals surface area contributed by atoms with Gasteiger partial charge in [0.1, 0.15) is 0 Å². The van der Waals surface area contributed by atoms with Crippen LogP contribution in [0.3, 0.4) is 0 Å². The maximum Gasteiger partial charge on any atom is 0.471 e. The van der Waals surface area contributed by atoms with Gasteiger partial charge in [-0.25, -0.2) is 9.97 Å². The number of nitrogens with zero attached hydrogens (tertiary/aromatic N) is 6. The molecule has 0 bridgehead atoms. The summed E-state index contributed by atoms with van der Waals surface area (Å²) >= 11 is 0. The topological polar surface area (TPSA) is 80.8 Å². The molecule has 0 aromatic carbocycles. The fraction of sp³-hybridized carbons (Fsp3) is 0.267. The summed E-state index contributed by atoms with van der Waals surface area (Å²) in [7, 11) is 1.83. The second-order valence-electron chi connectivity index (χ2n) is 5.22. The molecule has 0 fully saturated rings. The van der Waals surface area contributed by atoms with Gasteiger partial charge in [-0.15, -0.1) is 0 Å². The summed E-state index contributed by atoms with van der Waals surface area (Å²) in [5.41, 5.74) is 1.37. The zero-order chi connectivity index (χ0) is 17.9. The lowest BCUT2D eigenvalue weighted by Crippen LogP contribution is -2.22. The smallest absolute Gasteiger partial charge is 0.344 e. The van der Waals surface area contributed by atoms with Gasteiger partial charge in [-0.2, -0.15) is 18.2 Å². The standard InChI is InChI=1S/C15H13F3N6O/c1-24(7-4-10-2-5-19-6-3-10)14-20-8-11(9-21-14)12-22-13(25-23-12)15(16,17)18/h2-3,5-6,8-9H,4,7H2,1H3. The van der Waals surface area contributed by atoms with Crippen molar-refractivity contribution in [1.82, 2.24) is 25.1 Å². The summed E-state index contributed by atoms with van der Waals surface area (Å²) in [6.45, 7) is 0.670. The van der Waals surface area contributed by atoms with E-state index in [9.17, 15) is 13.2 Å². The maximum absolute atomic E-state index is 12.5. The molecule has 0 aliphatic heterocycles. The van der Waals surface area contributed by atoms with Gasteiger partial charge in [-0.05, 0) is 24.1 Å². The van der Waals surface area contributed by atoms with Gasteiger partial charge >= 0.3 is 12.1 Å². The highest BCUT2D eigenvalue weighted by Gasteiger charge is 2.38. The number of hydrogen-bond donors (Lipinski definition) is 0. The van der Waals surface area contributed by atoms with E-state index >= 15 is 0 Å². The number of anilines is 1. The molecular weight excluding hydrogens is 337 g/mol. The Morgan fingerprint density at radius 2 is 1.80 bits per heavy atom. The number of halogens is 3. The second-order valence-corrected chi connectivity index (χ2v) is 5.22. The molecule has 3 aromatic rings. The Bertz CT molecular complexity index is 819. The van der Waals surface area contributed by atoms with Crippen LogP contribution in [-0.2, 0) is 12.6 Å². The zero-order valence-corrected chi connectivity index (χ0v) is 13.1. The first-order valence-electron chi connectivity index (χ1n) is 7.27. The van der Waals surface area contributed by atoms with Crippen LogP contribution in [0.1, 0.15) is 11.5 Å². The molecule has 0 N–H and O–H groups in total. The minimum absolute atomic E-state index is 0.210. The molecule has 0 saturated heterocycles. The van der Waals surface area contributed by atoms with Crippen LogP contribution in [0.5, 0.6) is 0 Å². The fourth-order valence-corrected chi connectivity index (χ4v) is 2.04. The van der Waals surface area contributed by atoms with Crippen molar-refractivity contribution in [2.45, 2.75) is 12.6 Å². The Kier molecular flexibility index (Phi) is 4.59. The van der Waals surface area contributed by atoms with Crippen molar-refractivity contribution in [2.24, 2.45) is 0 Å². The van der Waals surface area contributed by atoms with Crippen molar-refractivity contribution in [1.29, 1.82) is 0 Å². The highest BCUT2D eigenvalue weighted by atomic mass is 19.4. The van der Waals surface area contributed by atoms with Gasteiger partial charge in [-0.1, -0.05) is 5.16 Å². The fourth-order valence-electron chi connectivity index (χ4n) is 2.04. The third kappa shape index (κ3) is 4.08. The lowest BCUT2D eigenvalue weighted by Gasteiger charge is -2.16. The van der Waals surface area contributed by atoms with Crippen LogP contribution in [-0.4, -0.2) is 38.7 Å². The Balaban J connectivity index is 1.66. The molecule has 0 aliphatic rings. The third-order valence-electron chi connectivity index (χ3n) is 3.39. The summed E-state index contributed by atoms with van der Waals surface area (Å²) in [5.74, 6) is -1.17. The molecule has 10 heteroatoms. The Morgan fingerprint density at radius 1 is 1.12 bits per heavy atom. The van der Waals surface area contributed by atoms with Crippen molar-refractivity contribution in [3.8, 4) is 11.4 Å². The molecule has 0 atom stereocenters. The zero-order valence-electron chi connectivity index (χ0n) is 13.1. The van der Waals surface area contributed by atoms with Crippen LogP contribution in [0.4, 0.5) is 19.1 Å². The third-order valence-corrected chi connectivity index (χ3v) is 3.39. The monoisotopic (exact) mass is 350 g/mol. The Labute approximate surface area is 140 Å². The molecule has 25 heavy (non-hydrogen) atoms. The highest BCUT2D eigenvalue weighted by Crippen LogP contribution is 2.29. The minimum atomic E-state index is -4.68. The van der Waals surface area contributed by atoms with E-state index in [4.69, 9.17) is 0 Å². The average Bonchev–Trinajstić information content (AvgIpc) is 3.11. The normalized spacial score (nSPS) is 11.5. The molecule has 3 heterocycles. The molecule has 3 aromatic heterocycles. The molecule has 0 saturated carbocycles. The quantitative estimate of drug-likeness (QED) is 0.700. The first-order chi connectivity index (χ1) is 11.9. The van der Waals surface area contributed by atoms with Crippen molar-refractivity contribution >= 4 is 5.95 Å². The predicted molar refractivity (Wildman–Crippen MR) is 81.5 cm³/mol. The summed E-state index contributed by atoms with van der Waals surface area (Å²) in [6.07, 6.45) is 2.26. The number of likely N-dealkylation sites (N-methyl/N-ethyl adjacent to an activating group) is 1. The van der Waals surface area contributed by atoms with Crippen LogP contribution in [0.15, 0.2) is 41.4 Å². The number of alkyl halides is 3. The van der Waals surface area contributed by atoms with Crippen molar-refractivity contribution in [2.75, 3.05) is 18.5 Å². The number of hydrogen-bond acceptors (Lipinski definition) is 7. The van der Waals surface area contributed by atoms with E-state index in [1.165, 1.54) is 12.4 Å².